The highest BCUT2D eigenvalue weighted by Crippen LogP contribution is 2.47. The van der Waals surface area contributed by atoms with Gasteiger partial charge in [0.2, 0.25) is 11.5 Å². The topological polar surface area (TPSA) is 99.8 Å². The van der Waals surface area contributed by atoms with Gasteiger partial charge in [0, 0.05) is 7.05 Å². The lowest BCUT2D eigenvalue weighted by atomic mass is 9.95. The molecule has 240 valence electrons. The van der Waals surface area contributed by atoms with Crippen molar-refractivity contribution in [1.29, 1.82) is 0 Å². The third-order valence-corrected chi connectivity index (χ3v) is 6.16. The van der Waals surface area contributed by atoms with Crippen molar-refractivity contribution in [2.75, 3.05) is 25.2 Å². The molecule has 1 aliphatic heterocycles. The number of anilines is 1. The highest BCUT2D eigenvalue weighted by molar-refractivity contribution is 5.91. The number of carbonyl (C=O) groups is 1. The first-order valence-electron chi connectivity index (χ1n) is 13.3. The summed E-state index contributed by atoms with van der Waals surface area (Å²) >= 11 is 0. The quantitative estimate of drug-likeness (QED) is 0.182. The van der Waals surface area contributed by atoms with Crippen molar-refractivity contribution in [3.8, 4) is 17.5 Å². The Labute approximate surface area is 249 Å². The maximum atomic E-state index is 14.9. The van der Waals surface area contributed by atoms with Crippen LogP contribution in [0.4, 0.5) is 36.8 Å². The molecule has 2 aromatic rings. The Kier molecular flexibility index (Phi) is 10.3. The number of hydrogen-bond acceptors (Lipinski definition) is 8. The normalized spacial score (nSPS) is 18.9. The fourth-order valence-corrected chi connectivity index (χ4v) is 3.99. The van der Waals surface area contributed by atoms with Gasteiger partial charge in [0.05, 0.1) is 18.9 Å². The largest absolute Gasteiger partial charge is 0.477 e. The van der Waals surface area contributed by atoms with Crippen LogP contribution in [0.15, 0.2) is 59.6 Å². The fourth-order valence-electron chi connectivity index (χ4n) is 3.99. The predicted octanol–water partition coefficient (Wildman–Crippen LogP) is 7.71. The molecule has 9 nitrogen and oxygen atoms in total. The van der Waals surface area contributed by atoms with Crippen molar-refractivity contribution in [2.24, 2.45) is 0 Å². The number of pyridine rings is 1. The monoisotopic (exact) mass is 630 g/mol. The molecule has 0 fully saturated rings. The van der Waals surface area contributed by atoms with E-state index in [1.165, 1.54) is 51.2 Å². The second-order valence-corrected chi connectivity index (χ2v) is 10.6. The summed E-state index contributed by atoms with van der Waals surface area (Å²) in [4.78, 5) is 17.5. The number of aromatic nitrogens is 3. The van der Waals surface area contributed by atoms with Crippen molar-refractivity contribution < 1.29 is 49.8 Å². The van der Waals surface area contributed by atoms with Crippen LogP contribution in [0, 0.1) is 0 Å². The van der Waals surface area contributed by atoms with E-state index in [1.807, 2.05) is 0 Å². The first kappa shape index (κ1) is 34.4. The molecule has 0 aromatic carbocycles. The molecule has 1 unspecified atom stereocenters. The Hall–Kier alpha value is -4.14. The van der Waals surface area contributed by atoms with E-state index in [2.05, 4.69) is 28.3 Å². The highest BCUT2D eigenvalue weighted by Gasteiger charge is 2.61. The summed E-state index contributed by atoms with van der Waals surface area (Å²) in [6.07, 6.45) is -5.08. The number of nitrogens with zero attached hydrogens (tertiary/aromatic N) is 4. The smallest absolute Gasteiger partial charge is 0.426 e. The van der Waals surface area contributed by atoms with Crippen LogP contribution in [0.5, 0.6) is 5.88 Å². The number of ether oxygens (including phenoxy) is 3. The summed E-state index contributed by atoms with van der Waals surface area (Å²) in [6.45, 7) is 10.8. The predicted molar refractivity (Wildman–Crippen MR) is 148 cm³/mol. The summed E-state index contributed by atoms with van der Waals surface area (Å²) in [5.41, 5.74) is -6.35. The average Bonchev–Trinajstić information content (AvgIpc) is 3.40. The van der Waals surface area contributed by atoms with E-state index in [4.69, 9.17) is 18.6 Å². The summed E-state index contributed by atoms with van der Waals surface area (Å²) in [5, 5.41) is 7.32. The van der Waals surface area contributed by atoms with Gasteiger partial charge < -0.3 is 18.6 Å². The van der Waals surface area contributed by atoms with Gasteiger partial charge in [-0.15, -0.1) is 10.2 Å². The van der Waals surface area contributed by atoms with Gasteiger partial charge in [0.25, 0.3) is 11.8 Å². The number of rotatable bonds is 6. The Balaban J connectivity index is 2.30. The summed E-state index contributed by atoms with van der Waals surface area (Å²) in [7, 11) is 1.10. The summed E-state index contributed by atoms with van der Waals surface area (Å²) in [6, 6.07) is 0.553. The Bertz CT molecular complexity index is 1420. The van der Waals surface area contributed by atoms with E-state index in [0.717, 1.165) is 7.05 Å². The molecular formula is C29H32F6N4O5. The molecule has 0 N–H and O–H groups in total. The van der Waals surface area contributed by atoms with Gasteiger partial charge in [-0.2, -0.15) is 26.3 Å². The molecule has 3 rings (SSSR count). The van der Waals surface area contributed by atoms with Gasteiger partial charge >= 0.3 is 18.4 Å². The number of halogens is 6. The zero-order valence-corrected chi connectivity index (χ0v) is 24.5. The number of carbonyl (C=O) groups excluding carboxylic acids is 1. The van der Waals surface area contributed by atoms with Crippen LogP contribution in [0.2, 0.25) is 0 Å². The van der Waals surface area contributed by atoms with E-state index in [0.29, 0.717) is 11.0 Å². The minimum Gasteiger partial charge on any atom is -0.477 e. The van der Waals surface area contributed by atoms with E-state index < -0.39 is 77.3 Å². The lowest BCUT2D eigenvalue weighted by molar-refractivity contribution is -0.292. The summed E-state index contributed by atoms with van der Waals surface area (Å²) in [5.74, 6) is -2.65. The maximum absolute atomic E-state index is 14.9. The van der Waals surface area contributed by atoms with Crippen LogP contribution in [-0.4, -0.2) is 53.3 Å². The molecule has 15 heteroatoms. The average molecular weight is 631 g/mol. The van der Waals surface area contributed by atoms with Gasteiger partial charge in [-0.3, -0.25) is 4.90 Å². The SMILES string of the molecule is C=C/C=C(\C=C)COC1(C(F)(F)F)CC/C=C\CCOc2nc(c(N(C)C(=O)OC(C)(C)C)cc2C(F)(F)F)-c2nnc1o2. The Morgan fingerprint density at radius 1 is 1.11 bits per heavy atom. The van der Waals surface area contributed by atoms with Crippen LogP contribution >= 0.6 is 0 Å². The molecule has 44 heavy (non-hydrogen) atoms. The van der Waals surface area contributed by atoms with Gasteiger partial charge in [-0.05, 0) is 51.7 Å². The van der Waals surface area contributed by atoms with Crippen molar-refractivity contribution >= 4 is 11.8 Å². The number of amides is 1. The second-order valence-electron chi connectivity index (χ2n) is 10.6. The molecule has 1 amide bonds. The van der Waals surface area contributed by atoms with Crippen LogP contribution < -0.4 is 9.64 Å². The number of alkyl halides is 6. The molecule has 3 heterocycles. The van der Waals surface area contributed by atoms with E-state index in [1.54, 1.807) is 0 Å². The first-order chi connectivity index (χ1) is 20.4. The van der Waals surface area contributed by atoms with Crippen molar-refractivity contribution in [3.05, 3.63) is 66.6 Å². The van der Waals surface area contributed by atoms with Crippen molar-refractivity contribution in [3.63, 3.8) is 0 Å². The third kappa shape index (κ3) is 7.87. The lowest BCUT2D eigenvalue weighted by Gasteiger charge is -2.32. The molecule has 2 aromatic heterocycles. The number of allylic oxidation sites excluding steroid dienone is 3. The number of hydrogen-bond donors (Lipinski definition) is 0. The zero-order chi connectivity index (χ0) is 32.9. The van der Waals surface area contributed by atoms with Crippen LogP contribution in [0.25, 0.3) is 11.6 Å². The molecule has 4 bridgehead atoms. The van der Waals surface area contributed by atoms with Gasteiger partial charge in [-0.1, -0.05) is 43.5 Å². The Morgan fingerprint density at radius 2 is 1.80 bits per heavy atom. The zero-order valence-electron chi connectivity index (χ0n) is 24.5. The molecule has 0 aliphatic carbocycles. The van der Waals surface area contributed by atoms with Crippen molar-refractivity contribution in [2.45, 2.75) is 63.6 Å². The van der Waals surface area contributed by atoms with Crippen molar-refractivity contribution in [1.82, 2.24) is 15.2 Å². The van der Waals surface area contributed by atoms with E-state index in [9.17, 15) is 31.1 Å². The molecular weight excluding hydrogens is 598 g/mol. The second kappa shape index (κ2) is 13.2. The maximum Gasteiger partial charge on any atom is 0.426 e. The third-order valence-electron chi connectivity index (χ3n) is 6.16. The Morgan fingerprint density at radius 3 is 2.39 bits per heavy atom. The van der Waals surface area contributed by atoms with Crippen LogP contribution in [0.3, 0.4) is 0 Å². The molecule has 1 aliphatic rings. The summed E-state index contributed by atoms with van der Waals surface area (Å²) < 4.78 is 109. The lowest BCUT2D eigenvalue weighted by Crippen LogP contribution is -2.45. The first-order valence-corrected chi connectivity index (χ1v) is 13.3. The van der Waals surface area contributed by atoms with Crippen LogP contribution in [0.1, 0.15) is 51.5 Å². The van der Waals surface area contributed by atoms with Gasteiger partial charge in [-0.25, -0.2) is 9.78 Å². The molecule has 0 spiro atoms. The van der Waals surface area contributed by atoms with E-state index >= 15 is 0 Å². The van der Waals surface area contributed by atoms with Gasteiger partial charge in [0.1, 0.15) is 11.2 Å². The molecule has 0 radical (unpaired) electrons. The van der Waals surface area contributed by atoms with E-state index in [-0.39, 0.29) is 25.0 Å². The highest BCUT2D eigenvalue weighted by atomic mass is 19.4. The standard InChI is InChI=1S/C29H32F6N4O5/c1-7-13-18(8-2)17-42-27(29(33,34)35)14-11-9-10-12-15-41-22-19(28(30,31)32)16-20(39(6)25(40)44-26(3,4)5)21(36-22)23-37-38-24(27)43-23/h7-10,13,16H,1-2,11-12,14-15,17H2,3-6H3/b10-9-,18-13+. The fraction of sp³-hybridized carbons (Fsp3) is 0.448. The van der Waals surface area contributed by atoms with Gasteiger partial charge in [0.15, 0.2) is 5.69 Å². The molecule has 0 saturated heterocycles. The molecule has 1 atom stereocenters. The molecule has 0 saturated carbocycles. The minimum atomic E-state index is -5.10. The minimum absolute atomic E-state index is 0.0504. The number of fused-ring (bicyclic) bond motifs is 5. The van der Waals surface area contributed by atoms with Crippen LogP contribution in [-0.2, 0) is 21.3 Å².